The van der Waals surface area contributed by atoms with Crippen LogP contribution >= 0.6 is 0 Å². The lowest BCUT2D eigenvalue weighted by Crippen LogP contribution is -2.02. The number of ether oxygens (including phenoxy) is 1. The summed E-state index contributed by atoms with van der Waals surface area (Å²) in [6.07, 6.45) is 2.40. The topological polar surface area (TPSA) is 57.0 Å². The molecule has 0 aliphatic heterocycles. The molecule has 0 N–H and O–H groups in total. The van der Waals surface area contributed by atoms with Crippen molar-refractivity contribution in [1.82, 2.24) is 14.8 Å². The normalized spacial score (nSPS) is 10.1. The zero-order valence-corrected chi connectivity index (χ0v) is 9.04. The number of carbonyl (C=O) groups is 1. The largest absolute Gasteiger partial charge is 0.480 e. The first-order valence-electron chi connectivity index (χ1n) is 4.78. The lowest BCUT2D eigenvalue weighted by Gasteiger charge is -2.04. The standard InChI is InChI=1S/C11H11N3O2/c1-8-9(7-15)11(16-2)14(13-8)10-5-3-4-6-12-10/h3-7H,1-2H3. The van der Waals surface area contributed by atoms with Crippen molar-refractivity contribution < 1.29 is 9.53 Å². The van der Waals surface area contributed by atoms with Crippen LogP contribution in [-0.4, -0.2) is 28.2 Å². The minimum Gasteiger partial charge on any atom is -0.480 e. The summed E-state index contributed by atoms with van der Waals surface area (Å²) in [7, 11) is 1.50. The van der Waals surface area contributed by atoms with E-state index in [9.17, 15) is 4.79 Å². The average Bonchev–Trinajstić information content (AvgIpc) is 2.66. The van der Waals surface area contributed by atoms with E-state index in [-0.39, 0.29) is 0 Å². The molecule has 0 amide bonds. The zero-order chi connectivity index (χ0) is 11.5. The summed E-state index contributed by atoms with van der Waals surface area (Å²) in [5, 5.41) is 4.22. The molecule has 2 aromatic rings. The summed E-state index contributed by atoms with van der Waals surface area (Å²) < 4.78 is 6.68. The molecular weight excluding hydrogens is 206 g/mol. The Bertz CT molecular complexity index is 505. The number of methoxy groups -OCH3 is 1. The third kappa shape index (κ3) is 1.56. The van der Waals surface area contributed by atoms with Gasteiger partial charge >= 0.3 is 0 Å². The Labute approximate surface area is 92.7 Å². The molecule has 2 aromatic heterocycles. The van der Waals surface area contributed by atoms with Crippen molar-refractivity contribution in [2.75, 3.05) is 7.11 Å². The molecule has 0 saturated heterocycles. The molecule has 5 nitrogen and oxygen atoms in total. The molecule has 0 unspecified atom stereocenters. The van der Waals surface area contributed by atoms with E-state index in [1.165, 1.54) is 11.8 Å². The summed E-state index contributed by atoms with van der Waals surface area (Å²) in [4.78, 5) is 15.0. The maximum atomic E-state index is 10.9. The van der Waals surface area contributed by atoms with E-state index < -0.39 is 0 Å². The summed E-state index contributed by atoms with van der Waals surface area (Å²) in [6.45, 7) is 1.76. The van der Waals surface area contributed by atoms with E-state index in [1.807, 2.05) is 12.1 Å². The molecule has 2 rings (SSSR count). The number of carbonyl (C=O) groups excluding carboxylic acids is 1. The van der Waals surface area contributed by atoms with Gasteiger partial charge in [0.2, 0.25) is 5.88 Å². The van der Waals surface area contributed by atoms with E-state index in [0.717, 1.165) is 6.29 Å². The van der Waals surface area contributed by atoms with Gasteiger partial charge in [0.15, 0.2) is 12.1 Å². The zero-order valence-electron chi connectivity index (χ0n) is 9.04. The maximum Gasteiger partial charge on any atom is 0.228 e. The second-order valence-corrected chi connectivity index (χ2v) is 3.23. The Kier molecular flexibility index (Phi) is 2.68. The maximum absolute atomic E-state index is 10.9. The van der Waals surface area contributed by atoms with Crippen LogP contribution in [0.4, 0.5) is 0 Å². The van der Waals surface area contributed by atoms with Crippen LogP contribution in [0.1, 0.15) is 16.1 Å². The Hall–Kier alpha value is -2.17. The van der Waals surface area contributed by atoms with Gasteiger partial charge in [-0.2, -0.15) is 9.78 Å². The van der Waals surface area contributed by atoms with Crippen LogP contribution in [0.5, 0.6) is 5.88 Å². The number of aldehydes is 1. The van der Waals surface area contributed by atoms with Crippen LogP contribution in [-0.2, 0) is 0 Å². The molecule has 0 aliphatic carbocycles. The molecule has 5 heteroatoms. The van der Waals surface area contributed by atoms with Crippen LogP contribution in [0.3, 0.4) is 0 Å². The Morgan fingerprint density at radius 1 is 1.44 bits per heavy atom. The van der Waals surface area contributed by atoms with Crippen molar-refractivity contribution >= 4 is 6.29 Å². The number of aromatic nitrogens is 3. The monoisotopic (exact) mass is 217 g/mol. The summed E-state index contributed by atoms with van der Waals surface area (Å²) in [5.41, 5.74) is 1.07. The van der Waals surface area contributed by atoms with Crippen LogP contribution in [0.15, 0.2) is 24.4 Å². The molecule has 2 heterocycles. The molecule has 0 spiro atoms. The summed E-state index contributed by atoms with van der Waals surface area (Å²) in [6, 6.07) is 5.45. The Morgan fingerprint density at radius 2 is 2.25 bits per heavy atom. The predicted molar refractivity (Wildman–Crippen MR) is 58.0 cm³/mol. The highest BCUT2D eigenvalue weighted by molar-refractivity contribution is 5.80. The fraction of sp³-hybridized carbons (Fsp3) is 0.182. The first-order chi connectivity index (χ1) is 7.77. The van der Waals surface area contributed by atoms with Crippen molar-refractivity contribution in [3.63, 3.8) is 0 Å². The third-order valence-corrected chi connectivity index (χ3v) is 2.24. The number of pyridine rings is 1. The van der Waals surface area contributed by atoms with Crippen LogP contribution in [0, 0.1) is 6.92 Å². The first kappa shape index (κ1) is 10.4. The highest BCUT2D eigenvalue weighted by Crippen LogP contribution is 2.22. The average molecular weight is 217 g/mol. The van der Waals surface area contributed by atoms with E-state index in [1.54, 1.807) is 19.2 Å². The second-order valence-electron chi connectivity index (χ2n) is 3.23. The van der Waals surface area contributed by atoms with Gasteiger partial charge < -0.3 is 4.74 Å². The smallest absolute Gasteiger partial charge is 0.228 e. The van der Waals surface area contributed by atoms with E-state index >= 15 is 0 Å². The first-order valence-corrected chi connectivity index (χ1v) is 4.78. The Balaban J connectivity index is 2.62. The van der Waals surface area contributed by atoms with Crippen molar-refractivity contribution in [3.05, 3.63) is 35.7 Å². The van der Waals surface area contributed by atoms with Gasteiger partial charge in [-0.15, -0.1) is 0 Å². The molecule has 0 radical (unpaired) electrons. The van der Waals surface area contributed by atoms with Crippen molar-refractivity contribution in [1.29, 1.82) is 0 Å². The molecule has 0 fully saturated rings. The SMILES string of the molecule is COc1c(C=O)c(C)nn1-c1ccccn1. The summed E-state index contributed by atoms with van der Waals surface area (Å²) in [5.74, 6) is 1.03. The molecule has 0 atom stereocenters. The van der Waals surface area contributed by atoms with Gasteiger partial charge in [-0.1, -0.05) is 6.07 Å². The van der Waals surface area contributed by atoms with E-state index in [2.05, 4.69) is 10.1 Å². The van der Waals surface area contributed by atoms with Crippen molar-refractivity contribution in [2.24, 2.45) is 0 Å². The van der Waals surface area contributed by atoms with Gasteiger partial charge in [-0.25, -0.2) is 4.98 Å². The van der Waals surface area contributed by atoms with Gasteiger partial charge in [0.1, 0.15) is 0 Å². The molecule has 0 saturated carbocycles. The Morgan fingerprint density at radius 3 is 2.81 bits per heavy atom. The minimum atomic E-state index is 0.409. The lowest BCUT2D eigenvalue weighted by molar-refractivity contribution is 0.112. The lowest BCUT2D eigenvalue weighted by atomic mass is 10.3. The fourth-order valence-corrected chi connectivity index (χ4v) is 1.48. The van der Waals surface area contributed by atoms with Crippen LogP contribution in [0.25, 0.3) is 5.82 Å². The highest BCUT2D eigenvalue weighted by Gasteiger charge is 2.16. The van der Waals surface area contributed by atoms with Gasteiger partial charge in [0.05, 0.1) is 18.4 Å². The van der Waals surface area contributed by atoms with Crippen molar-refractivity contribution in [3.8, 4) is 11.7 Å². The van der Waals surface area contributed by atoms with Crippen LogP contribution < -0.4 is 4.74 Å². The van der Waals surface area contributed by atoms with Gasteiger partial charge in [-0.3, -0.25) is 4.79 Å². The van der Waals surface area contributed by atoms with E-state index in [0.29, 0.717) is 23.0 Å². The van der Waals surface area contributed by atoms with E-state index in [4.69, 9.17) is 4.74 Å². The molecule has 0 aromatic carbocycles. The second kappa shape index (κ2) is 4.14. The van der Waals surface area contributed by atoms with Gasteiger partial charge in [0, 0.05) is 6.20 Å². The number of rotatable bonds is 3. The van der Waals surface area contributed by atoms with Gasteiger partial charge in [0.25, 0.3) is 0 Å². The molecule has 0 aliphatic rings. The minimum absolute atomic E-state index is 0.409. The summed E-state index contributed by atoms with van der Waals surface area (Å²) >= 11 is 0. The molecule has 82 valence electrons. The highest BCUT2D eigenvalue weighted by atomic mass is 16.5. The van der Waals surface area contributed by atoms with Gasteiger partial charge in [-0.05, 0) is 19.1 Å². The number of aryl methyl sites for hydroxylation is 1. The third-order valence-electron chi connectivity index (χ3n) is 2.24. The number of hydrogen-bond donors (Lipinski definition) is 0. The fourth-order valence-electron chi connectivity index (χ4n) is 1.48. The molecular formula is C11H11N3O2. The van der Waals surface area contributed by atoms with Crippen molar-refractivity contribution in [2.45, 2.75) is 6.92 Å². The molecule has 0 bridgehead atoms. The molecule has 16 heavy (non-hydrogen) atoms. The number of nitrogens with zero attached hydrogens (tertiary/aromatic N) is 3. The van der Waals surface area contributed by atoms with Crippen LogP contribution in [0.2, 0.25) is 0 Å². The number of hydrogen-bond acceptors (Lipinski definition) is 4. The quantitative estimate of drug-likeness (QED) is 0.729. The predicted octanol–water partition coefficient (Wildman–Crippen LogP) is 1.40.